The molecule has 2 rings (SSSR count). The molecule has 2 atom stereocenters. The Kier molecular flexibility index (Phi) is 3.42. The summed E-state index contributed by atoms with van der Waals surface area (Å²) in [6, 6.07) is 9.72. The highest BCUT2D eigenvalue weighted by molar-refractivity contribution is 5.26. The molecule has 82 valence electrons. The summed E-state index contributed by atoms with van der Waals surface area (Å²) in [6.45, 7) is 5.68. The zero-order valence-corrected chi connectivity index (χ0v) is 9.79. The standard InChI is InChI=1S/C14H21N/c1-3-11-5-7-13(8-6-11)14-12(4-2)9-10-15-14/h5-8,12,14-15H,3-4,9-10H2,1-2H3/t12-,14-/m1/s1. The monoisotopic (exact) mass is 203 g/mol. The van der Waals surface area contributed by atoms with Crippen LogP contribution in [0, 0.1) is 5.92 Å². The van der Waals surface area contributed by atoms with Gasteiger partial charge >= 0.3 is 0 Å². The molecule has 1 aromatic carbocycles. The summed E-state index contributed by atoms with van der Waals surface area (Å²) in [6.07, 6.45) is 3.75. The molecular weight excluding hydrogens is 182 g/mol. The van der Waals surface area contributed by atoms with E-state index in [1.807, 2.05) is 0 Å². The van der Waals surface area contributed by atoms with Gasteiger partial charge in [0.15, 0.2) is 0 Å². The van der Waals surface area contributed by atoms with Crippen molar-refractivity contribution in [1.29, 1.82) is 0 Å². The third-order valence-electron chi connectivity index (χ3n) is 3.62. The normalized spacial score (nSPS) is 25.7. The molecule has 1 nitrogen and oxygen atoms in total. The molecule has 0 amide bonds. The Bertz CT molecular complexity index is 302. The van der Waals surface area contributed by atoms with Crippen LogP contribution in [0.25, 0.3) is 0 Å². The lowest BCUT2D eigenvalue weighted by Crippen LogP contribution is -2.17. The maximum Gasteiger partial charge on any atom is 0.0349 e. The predicted molar refractivity (Wildman–Crippen MR) is 65.0 cm³/mol. The molecule has 1 aliphatic rings. The second-order valence-electron chi connectivity index (χ2n) is 4.48. The maximum atomic E-state index is 3.61. The van der Waals surface area contributed by atoms with Crippen molar-refractivity contribution in [2.24, 2.45) is 5.92 Å². The zero-order chi connectivity index (χ0) is 10.7. The highest BCUT2D eigenvalue weighted by Gasteiger charge is 2.26. The van der Waals surface area contributed by atoms with Crippen molar-refractivity contribution in [3.05, 3.63) is 35.4 Å². The van der Waals surface area contributed by atoms with Crippen molar-refractivity contribution >= 4 is 0 Å². The van der Waals surface area contributed by atoms with Gasteiger partial charge in [-0.05, 0) is 36.4 Å². The molecule has 1 fully saturated rings. The highest BCUT2D eigenvalue weighted by atomic mass is 14.9. The smallest absolute Gasteiger partial charge is 0.0349 e. The third kappa shape index (κ3) is 2.23. The molecule has 0 aromatic heterocycles. The van der Waals surface area contributed by atoms with Crippen LogP contribution in [-0.4, -0.2) is 6.54 Å². The SMILES string of the molecule is CCc1ccc([C@@H]2NCC[C@H]2CC)cc1. The first kappa shape index (κ1) is 10.7. The second-order valence-corrected chi connectivity index (χ2v) is 4.48. The Hall–Kier alpha value is -0.820. The number of rotatable bonds is 3. The molecule has 0 spiro atoms. The van der Waals surface area contributed by atoms with E-state index in [9.17, 15) is 0 Å². The van der Waals surface area contributed by atoms with Crippen LogP contribution in [-0.2, 0) is 6.42 Å². The van der Waals surface area contributed by atoms with Crippen LogP contribution in [0.3, 0.4) is 0 Å². The van der Waals surface area contributed by atoms with Crippen LogP contribution in [0.1, 0.15) is 43.9 Å². The van der Waals surface area contributed by atoms with Crippen molar-refractivity contribution in [3.63, 3.8) is 0 Å². The summed E-state index contributed by atoms with van der Waals surface area (Å²) >= 11 is 0. The van der Waals surface area contributed by atoms with Gasteiger partial charge in [-0.1, -0.05) is 44.5 Å². The van der Waals surface area contributed by atoms with Crippen LogP contribution in [0.15, 0.2) is 24.3 Å². The van der Waals surface area contributed by atoms with Crippen LogP contribution in [0.5, 0.6) is 0 Å². The summed E-state index contributed by atoms with van der Waals surface area (Å²) in [7, 11) is 0. The van der Waals surface area contributed by atoms with Crippen LogP contribution < -0.4 is 5.32 Å². The van der Waals surface area contributed by atoms with E-state index in [2.05, 4.69) is 43.4 Å². The lowest BCUT2D eigenvalue weighted by atomic mass is 9.91. The molecule has 1 aromatic rings. The molecular formula is C14H21N. The number of aryl methyl sites for hydroxylation is 1. The largest absolute Gasteiger partial charge is 0.310 e. The molecule has 1 saturated heterocycles. The molecule has 1 heteroatoms. The van der Waals surface area contributed by atoms with Crippen molar-refractivity contribution in [3.8, 4) is 0 Å². The van der Waals surface area contributed by atoms with Gasteiger partial charge in [0.1, 0.15) is 0 Å². The van der Waals surface area contributed by atoms with Crippen LogP contribution in [0.2, 0.25) is 0 Å². The minimum Gasteiger partial charge on any atom is -0.310 e. The zero-order valence-electron chi connectivity index (χ0n) is 9.79. The van der Waals surface area contributed by atoms with Crippen molar-refractivity contribution in [2.75, 3.05) is 6.54 Å². The van der Waals surface area contributed by atoms with Gasteiger partial charge in [0, 0.05) is 6.04 Å². The van der Waals surface area contributed by atoms with Gasteiger partial charge in [-0.3, -0.25) is 0 Å². The average molecular weight is 203 g/mol. The average Bonchev–Trinajstić information content (AvgIpc) is 2.77. The maximum absolute atomic E-state index is 3.61. The highest BCUT2D eigenvalue weighted by Crippen LogP contribution is 2.31. The Balaban J connectivity index is 2.14. The van der Waals surface area contributed by atoms with Crippen molar-refractivity contribution in [1.82, 2.24) is 5.32 Å². The molecule has 0 saturated carbocycles. The summed E-state index contributed by atoms with van der Waals surface area (Å²) in [5, 5.41) is 3.61. The first-order chi connectivity index (χ1) is 7.35. The van der Waals surface area contributed by atoms with Crippen molar-refractivity contribution in [2.45, 2.75) is 39.2 Å². The fourth-order valence-corrected chi connectivity index (χ4v) is 2.55. The quantitative estimate of drug-likeness (QED) is 0.794. The van der Waals surface area contributed by atoms with E-state index in [4.69, 9.17) is 0 Å². The summed E-state index contributed by atoms with van der Waals surface area (Å²) in [5.74, 6) is 0.831. The lowest BCUT2D eigenvalue weighted by molar-refractivity contribution is 0.449. The minimum absolute atomic E-state index is 0.598. The van der Waals surface area contributed by atoms with E-state index in [1.54, 1.807) is 0 Å². The van der Waals surface area contributed by atoms with Crippen LogP contribution >= 0.6 is 0 Å². The first-order valence-electron chi connectivity index (χ1n) is 6.17. The molecule has 0 unspecified atom stereocenters. The van der Waals surface area contributed by atoms with E-state index in [1.165, 1.54) is 30.5 Å². The summed E-state index contributed by atoms with van der Waals surface area (Å²) < 4.78 is 0. The Morgan fingerprint density at radius 2 is 1.93 bits per heavy atom. The van der Waals surface area contributed by atoms with Crippen molar-refractivity contribution < 1.29 is 0 Å². The lowest BCUT2D eigenvalue weighted by Gasteiger charge is -2.18. The minimum atomic E-state index is 0.598. The summed E-state index contributed by atoms with van der Waals surface area (Å²) in [5.41, 5.74) is 2.90. The molecule has 0 aliphatic carbocycles. The molecule has 15 heavy (non-hydrogen) atoms. The fourth-order valence-electron chi connectivity index (χ4n) is 2.55. The van der Waals surface area contributed by atoms with E-state index >= 15 is 0 Å². The van der Waals surface area contributed by atoms with Gasteiger partial charge in [-0.15, -0.1) is 0 Å². The Labute approximate surface area is 92.9 Å². The molecule has 0 bridgehead atoms. The predicted octanol–water partition coefficient (Wildman–Crippen LogP) is 3.31. The topological polar surface area (TPSA) is 12.0 Å². The number of hydrogen-bond donors (Lipinski definition) is 1. The third-order valence-corrected chi connectivity index (χ3v) is 3.62. The van der Waals surface area contributed by atoms with Gasteiger partial charge in [0.2, 0.25) is 0 Å². The van der Waals surface area contributed by atoms with Gasteiger partial charge in [0.25, 0.3) is 0 Å². The number of hydrogen-bond acceptors (Lipinski definition) is 1. The van der Waals surface area contributed by atoms with E-state index in [0.29, 0.717) is 6.04 Å². The molecule has 1 N–H and O–H groups in total. The van der Waals surface area contributed by atoms with Crippen LogP contribution in [0.4, 0.5) is 0 Å². The molecule has 1 heterocycles. The Morgan fingerprint density at radius 1 is 1.20 bits per heavy atom. The van der Waals surface area contributed by atoms with E-state index in [0.717, 1.165) is 12.3 Å². The Morgan fingerprint density at radius 3 is 2.53 bits per heavy atom. The second kappa shape index (κ2) is 4.80. The number of benzene rings is 1. The van der Waals surface area contributed by atoms with Gasteiger partial charge < -0.3 is 5.32 Å². The first-order valence-corrected chi connectivity index (χ1v) is 6.17. The van der Waals surface area contributed by atoms with Gasteiger partial charge in [0.05, 0.1) is 0 Å². The molecule has 0 radical (unpaired) electrons. The number of nitrogens with one attached hydrogen (secondary N) is 1. The fraction of sp³-hybridized carbons (Fsp3) is 0.571. The van der Waals surface area contributed by atoms with E-state index in [-0.39, 0.29) is 0 Å². The van der Waals surface area contributed by atoms with Gasteiger partial charge in [-0.2, -0.15) is 0 Å². The summed E-state index contributed by atoms with van der Waals surface area (Å²) in [4.78, 5) is 0. The van der Waals surface area contributed by atoms with E-state index < -0.39 is 0 Å². The molecule has 1 aliphatic heterocycles. The van der Waals surface area contributed by atoms with Gasteiger partial charge in [-0.25, -0.2) is 0 Å².